The van der Waals surface area contributed by atoms with Gasteiger partial charge >= 0.3 is 0 Å². The predicted molar refractivity (Wildman–Crippen MR) is 128 cm³/mol. The standard InChI is InChI=1S/C20H40N6O.HI/c1-4-10-22-19(27)16-26-12-8-18(9-13-26)24-20(21-5-2)23-14-17-7-6-11-25(3)15-17;/h17-18H,4-16H2,1-3H3,(H,22,27)(H2,21,23,24);1H. The number of aliphatic imine (C=N–C) groups is 1. The van der Waals surface area contributed by atoms with Crippen LogP contribution in [0.2, 0.25) is 0 Å². The topological polar surface area (TPSA) is 72.0 Å². The third-order valence-corrected chi connectivity index (χ3v) is 5.44. The van der Waals surface area contributed by atoms with Gasteiger partial charge in [-0.05, 0) is 58.5 Å². The van der Waals surface area contributed by atoms with Gasteiger partial charge in [0.2, 0.25) is 5.91 Å². The Hall–Kier alpha value is -0.610. The Morgan fingerprint density at radius 1 is 1.11 bits per heavy atom. The second kappa shape index (κ2) is 14.4. The van der Waals surface area contributed by atoms with Gasteiger partial charge in [-0.3, -0.25) is 14.7 Å². The summed E-state index contributed by atoms with van der Waals surface area (Å²) in [6.45, 7) is 11.6. The zero-order chi connectivity index (χ0) is 19.5. The normalized spacial score (nSPS) is 22.4. The van der Waals surface area contributed by atoms with Crippen LogP contribution in [-0.4, -0.2) is 87.1 Å². The minimum atomic E-state index is 0. The van der Waals surface area contributed by atoms with Gasteiger partial charge in [0.25, 0.3) is 0 Å². The Morgan fingerprint density at radius 3 is 2.50 bits per heavy atom. The summed E-state index contributed by atoms with van der Waals surface area (Å²) in [7, 11) is 2.20. The molecule has 2 saturated heterocycles. The third kappa shape index (κ3) is 9.73. The lowest BCUT2D eigenvalue weighted by Crippen LogP contribution is -2.50. The SMILES string of the molecule is CCCNC(=O)CN1CCC(NC(=NCC2CCCN(C)C2)NCC)CC1.I. The Balaban J connectivity index is 0.00000392. The van der Waals surface area contributed by atoms with Crippen molar-refractivity contribution < 1.29 is 4.79 Å². The lowest BCUT2D eigenvalue weighted by molar-refractivity contribution is -0.122. The fourth-order valence-corrected chi connectivity index (χ4v) is 3.91. The molecule has 7 nitrogen and oxygen atoms in total. The van der Waals surface area contributed by atoms with Crippen LogP contribution >= 0.6 is 24.0 Å². The molecule has 0 spiro atoms. The van der Waals surface area contributed by atoms with Gasteiger partial charge in [0.1, 0.15) is 0 Å². The van der Waals surface area contributed by atoms with E-state index < -0.39 is 0 Å². The van der Waals surface area contributed by atoms with E-state index in [9.17, 15) is 4.79 Å². The molecule has 2 fully saturated rings. The monoisotopic (exact) mass is 508 g/mol. The van der Waals surface area contributed by atoms with Crippen molar-refractivity contribution in [1.82, 2.24) is 25.8 Å². The van der Waals surface area contributed by atoms with Gasteiger partial charge in [-0.2, -0.15) is 0 Å². The number of carbonyl (C=O) groups excluding carboxylic acids is 1. The maximum atomic E-state index is 11.9. The van der Waals surface area contributed by atoms with Gasteiger partial charge in [0.15, 0.2) is 5.96 Å². The first-order chi connectivity index (χ1) is 13.1. The summed E-state index contributed by atoms with van der Waals surface area (Å²) in [5, 5.41) is 9.97. The van der Waals surface area contributed by atoms with Crippen molar-refractivity contribution in [2.24, 2.45) is 10.9 Å². The van der Waals surface area contributed by atoms with Gasteiger partial charge in [-0.25, -0.2) is 0 Å². The second-order valence-corrected chi connectivity index (χ2v) is 8.03. The van der Waals surface area contributed by atoms with Gasteiger partial charge in [0, 0.05) is 45.3 Å². The van der Waals surface area contributed by atoms with Crippen molar-refractivity contribution in [2.45, 2.75) is 52.0 Å². The summed E-state index contributed by atoms with van der Waals surface area (Å²) < 4.78 is 0. The van der Waals surface area contributed by atoms with Crippen LogP contribution in [0, 0.1) is 5.92 Å². The minimum Gasteiger partial charge on any atom is -0.357 e. The van der Waals surface area contributed by atoms with Crippen molar-refractivity contribution in [2.75, 3.05) is 59.4 Å². The van der Waals surface area contributed by atoms with Gasteiger partial charge in [0.05, 0.1) is 6.54 Å². The Kier molecular flexibility index (Phi) is 13.1. The largest absolute Gasteiger partial charge is 0.357 e. The first kappa shape index (κ1) is 25.4. The molecule has 0 aliphatic carbocycles. The summed E-state index contributed by atoms with van der Waals surface area (Å²) in [4.78, 5) is 21.4. The van der Waals surface area contributed by atoms with Crippen LogP contribution in [-0.2, 0) is 4.79 Å². The molecule has 1 unspecified atom stereocenters. The molecule has 3 N–H and O–H groups in total. The Labute approximate surface area is 188 Å². The number of halogens is 1. The molecule has 0 radical (unpaired) electrons. The van der Waals surface area contributed by atoms with Gasteiger partial charge in [-0.15, -0.1) is 24.0 Å². The molecule has 0 bridgehead atoms. The lowest BCUT2D eigenvalue weighted by atomic mass is 9.99. The first-order valence-electron chi connectivity index (χ1n) is 10.8. The summed E-state index contributed by atoms with van der Waals surface area (Å²) in [6, 6.07) is 0.437. The minimum absolute atomic E-state index is 0. The van der Waals surface area contributed by atoms with E-state index >= 15 is 0 Å². The van der Waals surface area contributed by atoms with E-state index in [0.29, 0.717) is 18.5 Å². The number of hydrogen-bond donors (Lipinski definition) is 3. The molecular formula is C20H41IN6O. The number of nitrogens with zero attached hydrogens (tertiary/aromatic N) is 3. The first-order valence-corrected chi connectivity index (χ1v) is 10.8. The maximum Gasteiger partial charge on any atom is 0.234 e. The smallest absolute Gasteiger partial charge is 0.234 e. The van der Waals surface area contributed by atoms with Crippen LogP contribution in [0.3, 0.4) is 0 Å². The van der Waals surface area contributed by atoms with E-state index in [0.717, 1.165) is 64.5 Å². The van der Waals surface area contributed by atoms with Gasteiger partial charge in [-0.1, -0.05) is 6.92 Å². The van der Waals surface area contributed by atoms with E-state index in [1.807, 2.05) is 0 Å². The molecule has 28 heavy (non-hydrogen) atoms. The molecular weight excluding hydrogens is 467 g/mol. The molecule has 2 aliphatic rings. The van der Waals surface area contributed by atoms with Gasteiger partial charge < -0.3 is 20.9 Å². The van der Waals surface area contributed by atoms with Crippen molar-refractivity contribution in [3.63, 3.8) is 0 Å². The molecule has 2 rings (SSSR count). The highest BCUT2D eigenvalue weighted by atomic mass is 127. The fourth-order valence-electron chi connectivity index (χ4n) is 3.91. The molecule has 0 aromatic rings. The van der Waals surface area contributed by atoms with E-state index in [2.05, 4.69) is 46.6 Å². The summed E-state index contributed by atoms with van der Waals surface area (Å²) in [5.74, 6) is 1.77. The van der Waals surface area contributed by atoms with Crippen molar-refractivity contribution in [1.29, 1.82) is 0 Å². The van der Waals surface area contributed by atoms with E-state index in [4.69, 9.17) is 4.99 Å². The van der Waals surface area contributed by atoms with E-state index in [1.165, 1.54) is 19.4 Å². The number of guanidine groups is 1. The Bertz CT molecular complexity index is 468. The number of piperidine rings is 2. The van der Waals surface area contributed by atoms with E-state index in [-0.39, 0.29) is 29.9 Å². The number of amides is 1. The van der Waals surface area contributed by atoms with Crippen molar-refractivity contribution >= 4 is 35.8 Å². The van der Waals surface area contributed by atoms with Crippen LogP contribution < -0.4 is 16.0 Å². The highest BCUT2D eigenvalue weighted by molar-refractivity contribution is 14.0. The molecule has 164 valence electrons. The molecule has 2 heterocycles. The van der Waals surface area contributed by atoms with Crippen LogP contribution in [0.15, 0.2) is 4.99 Å². The fraction of sp³-hybridized carbons (Fsp3) is 0.900. The van der Waals surface area contributed by atoms with E-state index in [1.54, 1.807) is 0 Å². The quantitative estimate of drug-likeness (QED) is 0.263. The molecule has 2 aliphatic heterocycles. The predicted octanol–water partition coefficient (Wildman–Crippen LogP) is 1.49. The summed E-state index contributed by atoms with van der Waals surface area (Å²) >= 11 is 0. The second-order valence-electron chi connectivity index (χ2n) is 8.03. The summed E-state index contributed by atoms with van der Waals surface area (Å²) in [5.41, 5.74) is 0. The molecule has 0 aromatic heterocycles. The van der Waals surface area contributed by atoms with Crippen LogP contribution in [0.4, 0.5) is 0 Å². The van der Waals surface area contributed by atoms with Crippen LogP contribution in [0.25, 0.3) is 0 Å². The molecule has 0 saturated carbocycles. The highest BCUT2D eigenvalue weighted by Gasteiger charge is 2.22. The average molecular weight is 508 g/mol. The van der Waals surface area contributed by atoms with Crippen molar-refractivity contribution in [3.05, 3.63) is 0 Å². The molecule has 1 atom stereocenters. The highest BCUT2D eigenvalue weighted by Crippen LogP contribution is 2.15. The Morgan fingerprint density at radius 2 is 1.86 bits per heavy atom. The molecule has 8 heteroatoms. The lowest BCUT2D eigenvalue weighted by Gasteiger charge is -2.33. The molecule has 1 amide bonds. The zero-order valence-electron chi connectivity index (χ0n) is 18.0. The number of hydrogen-bond acceptors (Lipinski definition) is 4. The molecule has 0 aromatic carbocycles. The maximum absolute atomic E-state index is 11.9. The number of nitrogens with one attached hydrogen (secondary N) is 3. The average Bonchev–Trinajstić information content (AvgIpc) is 2.66. The number of rotatable bonds is 8. The zero-order valence-corrected chi connectivity index (χ0v) is 20.3. The third-order valence-electron chi connectivity index (χ3n) is 5.44. The number of carbonyl (C=O) groups is 1. The van der Waals surface area contributed by atoms with Crippen molar-refractivity contribution in [3.8, 4) is 0 Å². The van der Waals surface area contributed by atoms with Crippen LogP contribution in [0.1, 0.15) is 46.0 Å². The van der Waals surface area contributed by atoms with Crippen LogP contribution in [0.5, 0.6) is 0 Å². The number of likely N-dealkylation sites (tertiary alicyclic amines) is 2. The summed E-state index contributed by atoms with van der Waals surface area (Å²) in [6.07, 6.45) is 5.66.